The van der Waals surface area contributed by atoms with Gasteiger partial charge in [0.2, 0.25) is 0 Å². The molecule has 0 spiro atoms. The molecule has 24 nitrogen and oxygen atoms in total. The molecule has 3 N–H and O–H groups in total. The van der Waals surface area contributed by atoms with Crippen molar-refractivity contribution in [3.05, 3.63) is 222 Å². The number of nitrogens with one attached hydrogen (secondary N) is 3. The molecular formula is C36H43B4N24Sr2+3. The number of hydrogen-bond donors (Lipinski definition) is 0. The molecule has 0 aliphatic rings. The molecule has 12 aromatic rings. The van der Waals surface area contributed by atoms with Gasteiger partial charge in [0, 0.05) is 92.6 Å². The van der Waals surface area contributed by atoms with Gasteiger partial charge in [-0.3, -0.25) is 13.8 Å². The van der Waals surface area contributed by atoms with E-state index in [0.717, 1.165) is 0 Å². The van der Waals surface area contributed by atoms with Crippen molar-refractivity contribution in [2.24, 2.45) is 0 Å². The van der Waals surface area contributed by atoms with Gasteiger partial charge in [-0.25, -0.2) is 45.9 Å². The van der Waals surface area contributed by atoms with E-state index < -0.39 is 28.5 Å². The number of aromatic nitrogens is 24. The molecule has 0 amide bonds. The Kier molecular flexibility index (Phi) is 17.6. The summed E-state index contributed by atoms with van der Waals surface area (Å²) in [7, 11) is -4.33. The molecule has 12 aromatic heterocycles. The second-order valence-electron chi connectivity index (χ2n) is 14.4. The van der Waals surface area contributed by atoms with Crippen molar-refractivity contribution in [1.29, 1.82) is 0 Å². The first-order chi connectivity index (χ1) is 31.8. The molecule has 30 heteroatoms. The summed E-state index contributed by atoms with van der Waals surface area (Å²) in [6.45, 7) is 0. The van der Waals surface area contributed by atoms with Gasteiger partial charge in [-0.15, -0.1) is 0 Å². The molecule has 0 aliphatic heterocycles. The number of nitrogens with zero attached hydrogens (tertiary/aromatic N) is 21. The van der Waals surface area contributed by atoms with Crippen molar-refractivity contribution in [2.45, 2.75) is 0 Å². The Balaban J connectivity index is 0.000000130. The van der Waals surface area contributed by atoms with Gasteiger partial charge in [-0.05, 0) is 110 Å². The van der Waals surface area contributed by atoms with Crippen LogP contribution < -0.4 is 15.3 Å². The molecule has 0 saturated carbocycles. The Bertz CT molecular complexity index is 2200. The molecule has 0 aliphatic carbocycles. The fraction of sp³-hybridized carbons (Fsp3) is 0. The van der Waals surface area contributed by atoms with Crippen LogP contribution in [0.3, 0.4) is 0 Å². The molecule has 0 bridgehead atoms. The third-order valence-corrected chi connectivity index (χ3v) is 10.4. The van der Waals surface area contributed by atoms with E-state index in [-0.39, 0.29) is 91.0 Å². The molecule has 66 heavy (non-hydrogen) atoms. The second kappa shape index (κ2) is 24.3. The van der Waals surface area contributed by atoms with Crippen LogP contribution in [0.15, 0.2) is 222 Å². The van der Waals surface area contributed by atoms with Gasteiger partial charge in [-0.1, -0.05) is 0 Å². The summed E-state index contributed by atoms with van der Waals surface area (Å²) < 4.78 is 23.1. The molecule has 320 valence electrons. The molecule has 0 atom stereocenters. The maximum absolute atomic E-state index is 4.26. The summed E-state index contributed by atoms with van der Waals surface area (Å²) in [6.07, 6.45) is 44.9. The Hall–Kier alpha value is -6.26. The zero-order valence-corrected chi connectivity index (χ0v) is 42.9. The fourth-order valence-electron chi connectivity index (χ4n) is 7.55. The van der Waals surface area contributed by atoms with Crippen molar-refractivity contribution in [2.75, 3.05) is 0 Å². The van der Waals surface area contributed by atoms with Crippen molar-refractivity contribution in [3.63, 3.8) is 0 Å². The van der Waals surface area contributed by atoms with E-state index >= 15 is 0 Å². The van der Waals surface area contributed by atoms with Crippen LogP contribution in [0.4, 0.5) is 0 Å². The van der Waals surface area contributed by atoms with E-state index in [2.05, 4.69) is 75.0 Å². The predicted molar refractivity (Wildman–Crippen MR) is 248 cm³/mol. The monoisotopic (exact) mass is 1030 g/mol. The zero-order valence-electron chi connectivity index (χ0n) is 35.9. The van der Waals surface area contributed by atoms with Crippen LogP contribution in [0, 0.1) is 0 Å². The summed E-state index contributed by atoms with van der Waals surface area (Å²) in [4.78, 5) is 0. The van der Waals surface area contributed by atoms with Crippen LogP contribution in [-0.4, -0.2) is 220 Å². The Morgan fingerprint density at radius 1 is 0.227 bits per heavy atom. The third-order valence-electron chi connectivity index (χ3n) is 10.4. The molecule has 0 aromatic carbocycles. The van der Waals surface area contributed by atoms with Crippen LogP contribution in [0.5, 0.6) is 0 Å². The van der Waals surface area contributed by atoms with E-state index in [1.54, 1.807) is 55.8 Å². The summed E-state index contributed by atoms with van der Waals surface area (Å²) in [5.41, 5.74) is 0. The van der Waals surface area contributed by atoms with Gasteiger partial charge < -0.3 is 41.3 Å². The van der Waals surface area contributed by atoms with Crippen LogP contribution >= 0.6 is 0 Å². The van der Waals surface area contributed by atoms with Crippen molar-refractivity contribution >= 4 is 119 Å². The summed E-state index contributed by atoms with van der Waals surface area (Å²) in [5.74, 6) is 0. The largest absolute Gasteiger partial charge is 2.00 e. The smallest absolute Gasteiger partial charge is 0.403 e. The molecule has 0 radical (unpaired) electrons. The minimum absolute atomic E-state index is 0. The molecule has 12 rings (SSSR count). The topological polar surface area (TPSA) is 218 Å². The number of hydrogen-bond acceptors (Lipinski definition) is 9. The van der Waals surface area contributed by atoms with Crippen molar-refractivity contribution in [3.8, 4) is 0 Å². The summed E-state index contributed by atoms with van der Waals surface area (Å²) in [5, 5.41) is 47.9. The van der Waals surface area contributed by atoms with E-state index in [0.29, 0.717) is 0 Å². The minimum atomic E-state index is -1.12. The summed E-state index contributed by atoms with van der Waals surface area (Å²) in [6, 6.07) is 23.0. The second-order valence-corrected chi connectivity index (χ2v) is 14.4. The first-order valence-electron chi connectivity index (χ1n) is 20.6. The third kappa shape index (κ3) is 11.8. The Morgan fingerprint density at radius 2 is 0.409 bits per heavy atom. The van der Waals surface area contributed by atoms with Gasteiger partial charge in [-0.2, -0.15) is 15.3 Å². The minimum Gasteiger partial charge on any atom is -0.403 e. The van der Waals surface area contributed by atoms with Crippen molar-refractivity contribution < 1.29 is 15.3 Å². The molecule has 0 saturated heterocycles. The normalized spacial score (nSPS) is 10.7. The van der Waals surface area contributed by atoms with Crippen LogP contribution in [0.1, 0.15) is 0 Å². The number of rotatable bonds is 12. The van der Waals surface area contributed by atoms with Gasteiger partial charge in [0.05, 0.1) is 0 Å². The van der Waals surface area contributed by atoms with Gasteiger partial charge >= 0.3 is 119 Å². The summed E-state index contributed by atoms with van der Waals surface area (Å²) >= 11 is 0. The quantitative estimate of drug-likeness (QED) is 0.116. The molecule has 12 heterocycles. The number of H-pyrrole nitrogens is 3. The van der Waals surface area contributed by atoms with Crippen LogP contribution in [-0.2, 0) is 0 Å². The first kappa shape index (κ1) is 47.7. The maximum Gasteiger partial charge on any atom is 2.00 e. The average molecular weight is 1030 g/mol. The van der Waals surface area contributed by atoms with E-state index in [9.17, 15) is 0 Å². The maximum atomic E-state index is 4.26. The van der Waals surface area contributed by atoms with Crippen molar-refractivity contribution in [1.82, 2.24) is 101 Å². The van der Waals surface area contributed by atoms with E-state index in [1.807, 2.05) is 207 Å². The predicted octanol–water partition coefficient (Wildman–Crippen LogP) is -2.75. The Labute approximate surface area is 452 Å². The van der Waals surface area contributed by atoms with Crippen LogP contribution in [0.25, 0.3) is 0 Å². The Morgan fingerprint density at radius 3 is 0.530 bits per heavy atom. The van der Waals surface area contributed by atoms with Gasteiger partial charge in [0.25, 0.3) is 0 Å². The van der Waals surface area contributed by atoms with Gasteiger partial charge in [0.15, 0.2) is 18.6 Å². The standard InChI is InChI=1S/4C9H10BN6.2Sr/c4*1-4-11-14(7-1)10(15-8-2-5-12-15)16-9-3-6-13-16;;/h4*1-10H;;/q4*-1;2*+2/p+3. The molecule has 0 fully saturated rings. The molecule has 0 unspecified atom stereocenters. The van der Waals surface area contributed by atoms with E-state index in [4.69, 9.17) is 0 Å². The van der Waals surface area contributed by atoms with E-state index in [1.165, 1.54) is 0 Å². The number of aromatic amines is 3. The van der Waals surface area contributed by atoms with Crippen LogP contribution in [0.2, 0.25) is 0 Å². The SMILES string of the molecule is [Sr+2].[Sr+2].c1c[nH+]n([BH-](n2ccc[nH+]2)n2ccc[nH+]2)c1.c1cnn([BH-](n2cccn2)n2cccn2)c1.c1cnn([BH-](n2cccn2)n2cccn2)c1.c1cnn([BH-](n2cccn2)n2cccn2)c1. The van der Waals surface area contributed by atoms with Gasteiger partial charge in [0.1, 0.15) is 0 Å². The zero-order chi connectivity index (χ0) is 43.2. The first-order valence-corrected chi connectivity index (χ1v) is 20.6. The molecular weight excluding hydrogens is 987 g/mol. The fourth-order valence-corrected chi connectivity index (χ4v) is 7.55. The average Bonchev–Trinajstić information content (AvgIpc) is 4.17.